The van der Waals surface area contributed by atoms with Crippen LogP contribution in [-0.2, 0) is 13.1 Å². The number of Topliss-reactive ketones (excluding diaryl/α,β-unsaturated/α-hetero) is 2. The Morgan fingerprint density at radius 1 is 0.840 bits per heavy atom. The van der Waals surface area contributed by atoms with Gasteiger partial charge in [0.25, 0.3) is 0 Å². The van der Waals surface area contributed by atoms with Crippen molar-refractivity contribution in [2.45, 2.75) is 19.0 Å². The van der Waals surface area contributed by atoms with Crippen molar-refractivity contribution in [2.24, 2.45) is 11.8 Å². The van der Waals surface area contributed by atoms with Crippen LogP contribution in [-0.4, -0.2) is 25.7 Å². The summed E-state index contributed by atoms with van der Waals surface area (Å²) in [6, 6.07) is 11.4. The first kappa shape index (κ1) is 14.4. The molecule has 0 saturated carbocycles. The van der Waals surface area contributed by atoms with Crippen LogP contribution in [0.2, 0.25) is 0 Å². The fourth-order valence-electron chi connectivity index (χ4n) is 4.45. The first-order valence-electron chi connectivity index (χ1n) is 8.52. The van der Waals surface area contributed by atoms with Crippen LogP contribution in [0.15, 0.2) is 61.2 Å². The Labute approximate surface area is 144 Å². The average Bonchev–Trinajstić information content (AvgIpc) is 3.37. The third kappa shape index (κ3) is 2.05. The largest absolute Gasteiger partial charge is 0.344 e. The molecule has 0 saturated heterocycles. The number of pyridine rings is 1. The number of carbonyl (C=O) groups is 2. The minimum Gasteiger partial charge on any atom is -0.344 e. The fraction of sp³-hybridized carbons (Fsp3) is 0.250. The van der Waals surface area contributed by atoms with E-state index in [0.29, 0.717) is 13.1 Å². The molecule has 5 rings (SSSR count). The van der Waals surface area contributed by atoms with E-state index in [-0.39, 0.29) is 29.3 Å². The lowest BCUT2D eigenvalue weighted by molar-refractivity contribution is 0.0836. The van der Waals surface area contributed by atoms with Crippen LogP contribution in [0.4, 0.5) is 0 Å². The van der Waals surface area contributed by atoms with E-state index < -0.39 is 0 Å². The maximum atomic E-state index is 13.0. The Hall–Kier alpha value is -2.95. The molecule has 3 aromatic rings. The molecule has 0 unspecified atom stereocenters. The number of fused-ring (bicyclic) bond motifs is 2. The van der Waals surface area contributed by atoms with Gasteiger partial charge in [0.2, 0.25) is 0 Å². The molecule has 0 fully saturated rings. The van der Waals surface area contributed by atoms with Crippen LogP contribution in [0, 0.1) is 11.8 Å². The molecule has 0 aromatic carbocycles. The van der Waals surface area contributed by atoms with Crippen molar-refractivity contribution < 1.29 is 9.59 Å². The van der Waals surface area contributed by atoms with E-state index in [1.165, 1.54) is 0 Å². The molecule has 0 radical (unpaired) electrons. The Kier molecular flexibility index (Phi) is 3.04. The standard InChI is InChI=1S/C20H17N3O2/c24-19-14(11-22-9-1-3-16(19)22)18(13-5-7-21-8-6-13)15-12-23-10-2-4-17(23)20(15)25/h1-10,14-15,18H,11-12H2/t14-,15-/m1/s1. The second kappa shape index (κ2) is 5.28. The molecule has 25 heavy (non-hydrogen) atoms. The summed E-state index contributed by atoms with van der Waals surface area (Å²) < 4.78 is 4.00. The molecule has 2 aliphatic heterocycles. The molecule has 0 bridgehead atoms. The van der Waals surface area contributed by atoms with Gasteiger partial charge in [-0.05, 0) is 42.0 Å². The third-order valence-electron chi connectivity index (χ3n) is 5.58. The molecule has 2 atom stereocenters. The van der Waals surface area contributed by atoms with E-state index in [9.17, 15) is 9.59 Å². The van der Waals surface area contributed by atoms with Crippen molar-refractivity contribution in [3.05, 3.63) is 78.1 Å². The van der Waals surface area contributed by atoms with Gasteiger partial charge in [-0.2, -0.15) is 0 Å². The monoisotopic (exact) mass is 331 g/mol. The zero-order chi connectivity index (χ0) is 17.0. The van der Waals surface area contributed by atoms with Crippen molar-refractivity contribution in [2.75, 3.05) is 0 Å². The smallest absolute Gasteiger partial charge is 0.184 e. The van der Waals surface area contributed by atoms with E-state index in [4.69, 9.17) is 0 Å². The highest BCUT2D eigenvalue weighted by Crippen LogP contribution is 2.42. The molecule has 3 aromatic heterocycles. The summed E-state index contributed by atoms with van der Waals surface area (Å²) in [7, 11) is 0. The number of rotatable bonds is 3. The van der Waals surface area contributed by atoms with Crippen LogP contribution >= 0.6 is 0 Å². The van der Waals surface area contributed by atoms with Gasteiger partial charge in [0.05, 0.1) is 11.4 Å². The predicted octanol–water partition coefficient (Wildman–Crippen LogP) is 2.79. The molecule has 0 spiro atoms. The molecule has 0 aliphatic carbocycles. The van der Waals surface area contributed by atoms with E-state index in [1.54, 1.807) is 12.4 Å². The summed E-state index contributed by atoms with van der Waals surface area (Å²) in [4.78, 5) is 30.1. The van der Waals surface area contributed by atoms with Gasteiger partial charge in [0, 0.05) is 55.6 Å². The van der Waals surface area contributed by atoms with Gasteiger partial charge in [0.15, 0.2) is 11.6 Å². The zero-order valence-electron chi connectivity index (χ0n) is 13.6. The van der Waals surface area contributed by atoms with Crippen molar-refractivity contribution in [3.63, 3.8) is 0 Å². The maximum absolute atomic E-state index is 13.0. The first-order chi connectivity index (χ1) is 12.2. The zero-order valence-corrected chi connectivity index (χ0v) is 13.6. The van der Waals surface area contributed by atoms with Gasteiger partial charge < -0.3 is 9.13 Å². The Balaban J connectivity index is 1.57. The van der Waals surface area contributed by atoms with Gasteiger partial charge in [-0.1, -0.05) is 0 Å². The first-order valence-corrected chi connectivity index (χ1v) is 8.52. The summed E-state index contributed by atoms with van der Waals surface area (Å²) in [5.74, 6) is -0.288. The molecule has 5 heteroatoms. The molecule has 0 N–H and O–H groups in total. The molecule has 5 nitrogen and oxygen atoms in total. The Morgan fingerprint density at radius 2 is 1.36 bits per heavy atom. The molecule has 2 aliphatic rings. The summed E-state index contributed by atoms with van der Waals surface area (Å²) in [6.07, 6.45) is 7.36. The second-order valence-corrected chi connectivity index (χ2v) is 6.84. The molecule has 124 valence electrons. The van der Waals surface area contributed by atoms with E-state index in [2.05, 4.69) is 4.98 Å². The number of hydrogen-bond donors (Lipinski definition) is 0. The van der Waals surface area contributed by atoms with Crippen molar-refractivity contribution in [3.8, 4) is 0 Å². The summed E-state index contributed by atoms with van der Waals surface area (Å²) in [5, 5.41) is 0. The normalized spacial score (nSPS) is 21.8. The van der Waals surface area contributed by atoms with Crippen LogP contribution < -0.4 is 0 Å². The number of aromatic nitrogens is 3. The van der Waals surface area contributed by atoms with Crippen molar-refractivity contribution >= 4 is 11.6 Å². The maximum Gasteiger partial charge on any atom is 0.184 e. The summed E-state index contributed by atoms with van der Waals surface area (Å²) in [5.41, 5.74) is 2.51. The SMILES string of the molecule is O=C1c2cccn2C[C@@H]1C(c1ccncc1)[C@H]1Cn2cccc2C1=O. The van der Waals surface area contributed by atoms with Crippen LogP contribution in [0.3, 0.4) is 0 Å². The topological polar surface area (TPSA) is 56.9 Å². The number of nitrogens with zero attached hydrogens (tertiary/aromatic N) is 3. The number of carbonyl (C=O) groups excluding carboxylic acids is 2. The number of ketones is 2. The van der Waals surface area contributed by atoms with Crippen LogP contribution in [0.25, 0.3) is 0 Å². The van der Waals surface area contributed by atoms with E-state index in [1.807, 2.05) is 57.9 Å². The molecule has 0 amide bonds. The summed E-state index contributed by atoms with van der Waals surface area (Å²) in [6.45, 7) is 1.26. The lowest BCUT2D eigenvalue weighted by atomic mass is 9.74. The number of hydrogen-bond acceptors (Lipinski definition) is 3. The highest BCUT2D eigenvalue weighted by atomic mass is 16.1. The summed E-state index contributed by atoms with van der Waals surface area (Å²) >= 11 is 0. The van der Waals surface area contributed by atoms with Gasteiger partial charge in [-0.25, -0.2) is 0 Å². The van der Waals surface area contributed by atoms with Crippen LogP contribution in [0.1, 0.15) is 32.5 Å². The van der Waals surface area contributed by atoms with Gasteiger partial charge in [-0.15, -0.1) is 0 Å². The third-order valence-corrected chi connectivity index (χ3v) is 5.58. The van der Waals surface area contributed by atoms with Gasteiger partial charge >= 0.3 is 0 Å². The van der Waals surface area contributed by atoms with E-state index in [0.717, 1.165) is 17.0 Å². The Bertz CT molecular complexity index is 910. The highest BCUT2D eigenvalue weighted by molar-refractivity contribution is 6.02. The van der Waals surface area contributed by atoms with Crippen molar-refractivity contribution in [1.82, 2.24) is 14.1 Å². The fourth-order valence-corrected chi connectivity index (χ4v) is 4.45. The van der Waals surface area contributed by atoms with Gasteiger partial charge in [0.1, 0.15) is 0 Å². The molecule has 5 heterocycles. The minimum atomic E-state index is -0.211. The highest BCUT2D eigenvalue weighted by Gasteiger charge is 2.45. The van der Waals surface area contributed by atoms with Gasteiger partial charge in [-0.3, -0.25) is 14.6 Å². The van der Waals surface area contributed by atoms with E-state index >= 15 is 0 Å². The molecular weight excluding hydrogens is 314 g/mol. The Morgan fingerprint density at radius 3 is 1.84 bits per heavy atom. The quantitative estimate of drug-likeness (QED) is 0.741. The van der Waals surface area contributed by atoms with Crippen molar-refractivity contribution in [1.29, 1.82) is 0 Å². The second-order valence-electron chi connectivity index (χ2n) is 6.84. The molecular formula is C20H17N3O2. The lowest BCUT2D eigenvalue weighted by Crippen LogP contribution is -2.30. The lowest BCUT2D eigenvalue weighted by Gasteiger charge is -2.27. The predicted molar refractivity (Wildman–Crippen MR) is 91.5 cm³/mol. The van der Waals surface area contributed by atoms with Crippen LogP contribution in [0.5, 0.6) is 0 Å². The minimum absolute atomic E-state index is 0.135. The average molecular weight is 331 g/mol.